The fourth-order valence-corrected chi connectivity index (χ4v) is 5.61. The van der Waals surface area contributed by atoms with Crippen LogP contribution in [0, 0.1) is 6.92 Å². The molecule has 1 aliphatic carbocycles. The molecule has 182 valence electrons. The first-order valence-corrected chi connectivity index (χ1v) is 13.0. The molecule has 2 heterocycles. The Morgan fingerprint density at radius 3 is 2.63 bits per heavy atom. The molecule has 35 heavy (non-hydrogen) atoms. The van der Waals surface area contributed by atoms with Gasteiger partial charge in [0.2, 0.25) is 18.6 Å². The zero-order chi connectivity index (χ0) is 24.2. The lowest BCUT2D eigenvalue weighted by atomic mass is 9.97. The molecule has 0 saturated heterocycles. The molecule has 7 heteroatoms. The van der Waals surface area contributed by atoms with Gasteiger partial charge in [0.1, 0.15) is 6.04 Å². The lowest BCUT2D eigenvalue weighted by molar-refractivity contribution is -0.141. The Balaban J connectivity index is 1.51. The smallest absolute Gasteiger partial charge is 0.247 e. The van der Waals surface area contributed by atoms with Crippen molar-refractivity contribution in [3.05, 3.63) is 81.5 Å². The number of carbonyl (C=O) groups is 2. The van der Waals surface area contributed by atoms with Crippen LogP contribution in [-0.4, -0.2) is 29.5 Å². The summed E-state index contributed by atoms with van der Waals surface area (Å²) in [5.41, 5.74) is 2.72. The van der Waals surface area contributed by atoms with E-state index in [0.29, 0.717) is 11.5 Å². The quantitative estimate of drug-likeness (QED) is 0.474. The summed E-state index contributed by atoms with van der Waals surface area (Å²) in [5, 5.41) is 5.22. The van der Waals surface area contributed by atoms with Crippen molar-refractivity contribution < 1.29 is 19.1 Å². The minimum atomic E-state index is -0.727. The molecule has 6 nitrogen and oxygen atoms in total. The summed E-state index contributed by atoms with van der Waals surface area (Å²) in [7, 11) is 0. The minimum absolute atomic E-state index is 0.0834. The Bertz CT molecular complexity index is 1190. The van der Waals surface area contributed by atoms with Crippen LogP contribution in [0.5, 0.6) is 11.5 Å². The molecule has 2 amide bonds. The molecule has 3 aromatic rings. The van der Waals surface area contributed by atoms with Crippen LogP contribution < -0.4 is 14.8 Å². The van der Waals surface area contributed by atoms with Gasteiger partial charge in [-0.05, 0) is 60.0 Å². The molecule has 1 atom stereocenters. The molecular formula is C28H30N2O4S. The summed E-state index contributed by atoms with van der Waals surface area (Å²) >= 11 is 1.55. The Morgan fingerprint density at radius 2 is 1.86 bits per heavy atom. The standard InChI is InChI=1S/C28H30N2O4S/c1-19-7-2-5-11-23(19)27(28(32)29-21-8-3-4-9-21)30(26(31)16-22-10-6-14-35-22)17-20-12-13-24-25(15-20)34-18-33-24/h2,5-7,10-15,21,27H,3-4,8-9,16-18H2,1H3,(H,29,32)/t27-/m1/s1. The van der Waals surface area contributed by atoms with Gasteiger partial charge in [0.15, 0.2) is 11.5 Å². The second-order valence-electron chi connectivity index (χ2n) is 9.21. The van der Waals surface area contributed by atoms with Gasteiger partial charge in [-0.15, -0.1) is 11.3 Å². The first kappa shape index (κ1) is 23.4. The van der Waals surface area contributed by atoms with Gasteiger partial charge in [-0.1, -0.05) is 49.2 Å². The number of fused-ring (bicyclic) bond motifs is 1. The maximum atomic E-state index is 13.8. The van der Waals surface area contributed by atoms with Crippen molar-refractivity contribution in [1.82, 2.24) is 10.2 Å². The molecule has 0 radical (unpaired) electrons. The summed E-state index contributed by atoms with van der Waals surface area (Å²) in [5.74, 6) is 1.15. The average Bonchev–Trinajstić information content (AvgIpc) is 3.63. The van der Waals surface area contributed by atoms with Crippen molar-refractivity contribution in [2.24, 2.45) is 0 Å². The van der Waals surface area contributed by atoms with E-state index in [1.54, 1.807) is 16.2 Å². The van der Waals surface area contributed by atoms with E-state index in [2.05, 4.69) is 5.32 Å². The van der Waals surface area contributed by atoms with E-state index in [1.165, 1.54) is 0 Å². The Morgan fingerprint density at radius 1 is 1.06 bits per heavy atom. The zero-order valence-corrected chi connectivity index (χ0v) is 20.7. The van der Waals surface area contributed by atoms with E-state index in [-0.39, 0.29) is 37.6 Å². The molecule has 2 aromatic carbocycles. The van der Waals surface area contributed by atoms with Crippen LogP contribution in [0.4, 0.5) is 0 Å². The molecule has 1 aromatic heterocycles. The number of rotatable bonds is 8. The van der Waals surface area contributed by atoms with E-state index in [4.69, 9.17) is 9.47 Å². The molecule has 1 fully saturated rings. The van der Waals surface area contributed by atoms with Crippen LogP contribution in [0.3, 0.4) is 0 Å². The number of hydrogen-bond acceptors (Lipinski definition) is 5. The second-order valence-corrected chi connectivity index (χ2v) is 10.2. The molecule has 1 aliphatic heterocycles. The van der Waals surface area contributed by atoms with E-state index in [0.717, 1.165) is 47.3 Å². The second kappa shape index (κ2) is 10.5. The number of amides is 2. The average molecular weight is 491 g/mol. The van der Waals surface area contributed by atoms with Crippen molar-refractivity contribution in [1.29, 1.82) is 0 Å². The highest BCUT2D eigenvalue weighted by Gasteiger charge is 2.34. The number of nitrogens with one attached hydrogen (secondary N) is 1. The summed E-state index contributed by atoms with van der Waals surface area (Å²) in [6.07, 6.45) is 4.47. The van der Waals surface area contributed by atoms with Crippen molar-refractivity contribution in [2.45, 2.75) is 57.7 Å². The van der Waals surface area contributed by atoms with Crippen molar-refractivity contribution in [3.63, 3.8) is 0 Å². The van der Waals surface area contributed by atoms with Gasteiger partial charge in [0.25, 0.3) is 0 Å². The monoisotopic (exact) mass is 490 g/mol. The molecule has 0 unspecified atom stereocenters. The third-order valence-corrected chi connectivity index (χ3v) is 7.64. The number of hydrogen-bond donors (Lipinski definition) is 1. The molecule has 0 spiro atoms. The molecule has 1 N–H and O–H groups in total. The fraction of sp³-hybridized carbons (Fsp3) is 0.357. The molecular weight excluding hydrogens is 460 g/mol. The van der Waals surface area contributed by atoms with Crippen molar-refractivity contribution in [2.75, 3.05) is 6.79 Å². The van der Waals surface area contributed by atoms with Crippen molar-refractivity contribution >= 4 is 23.2 Å². The molecule has 1 saturated carbocycles. The highest BCUT2D eigenvalue weighted by atomic mass is 32.1. The number of carbonyl (C=O) groups excluding carboxylic acids is 2. The lowest BCUT2D eigenvalue weighted by Crippen LogP contribution is -2.46. The van der Waals surface area contributed by atoms with Crippen LogP contribution >= 0.6 is 11.3 Å². The minimum Gasteiger partial charge on any atom is -0.454 e. The van der Waals surface area contributed by atoms with Crippen LogP contribution in [0.1, 0.15) is 53.3 Å². The first-order valence-electron chi connectivity index (χ1n) is 12.1. The van der Waals surface area contributed by atoms with Crippen LogP contribution in [0.2, 0.25) is 0 Å². The SMILES string of the molecule is Cc1ccccc1[C@H](C(=O)NC1CCCC1)N(Cc1ccc2c(c1)OCO2)C(=O)Cc1cccs1. The van der Waals surface area contributed by atoms with Gasteiger partial charge in [-0.25, -0.2) is 0 Å². The lowest BCUT2D eigenvalue weighted by Gasteiger charge is -2.33. The number of benzene rings is 2. The number of thiophene rings is 1. The number of aryl methyl sites for hydroxylation is 1. The molecule has 2 aliphatic rings. The van der Waals surface area contributed by atoms with Gasteiger partial charge in [0, 0.05) is 17.5 Å². The highest BCUT2D eigenvalue weighted by Crippen LogP contribution is 2.34. The van der Waals surface area contributed by atoms with Crippen molar-refractivity contribution in [3.8, 4) is 11.5 Å². The first-order chi connectivity index (χ1) is 17.1. The number of ether oxygens (including phenoxy) is 2. The summed E-state index contributed by atoms with van der Waals surface area (Å²) in [6.45, 7) is 2.47. The predicted molar refractivity (Wildman–Crippen MR) is 135 cm³/mol. The Hall–Kier alpha value is -3.32. The topological polar surface area (TPSA) is 67.9 Å². The van der Waals surface area contributed by atoms with E-state index in [9.17, 15) is 9.59 Å². The largest absolute Gasteiger partial charge is 0.454 e. The summed E-state index contributed by atoms with van der Waals surface area (Å²) < 4.78 is 11.0. The maximum absolute atomic E-state index is 13.8. The van der Waals surface area contributed by atoms with Gasteiger partial charge in [0.05, 0.1) is 6.42 Å². The van der Waals surface area contributed by atoms with Crippen LogP contribution in [0.15, 0.2) is 60.0 Å². The van der Waals surface area contributed by atoms with Gasteiger partial charge in [-0.3, -0.25) is 9.59 Å². The highest BCUT2D eigenvalue weighted by molar-refractivity contribution is 7.10. The predicted octanol–water partition coefficient (Wildman–Crippen LogP) is 5.16. The number of nitrogens with zero attached hydrogens (tertiary/aromatic N) is 1. The normalized spacial score (nSPS) is 15.7. The summed E-state index contributed by atoms with van der Waals surface area (Å²) in [4.78, 5) is 30.3. The van der Waals surface area contributed by atoms with Crippen LogP contribution in [-0.2, 0) is 22.6 Å². The Labute approximate surface area is 209 Å². The zero-order valence-electron chi connectivity index (χ0n) is 19.9. The fourth-order valence-electron chi connectivity index (χ4n) is 4.92. The van der Waals surface area contributed by atoms with E-state index >= 15 is 0 Å². The van der Waals surface area contributed by atoms with Gasteiger partial charge in [-0.2, -0.15) is 0 Å². The van der Waals surface area contributed by atoms with E-state index < -0.39 is 6.04 Å². The van der Waals surface area contributed by atoms with E-state index in [1.807, 2.05) is 66.9 Å². The summed E-state index contributed by atoms with van der Waals surface area (Å²) in [6, 6.07) is 16.9. The van der Waals surface area contributed by atoms with Gasteiger partial charge >= 0.3 is 0 Å². The third-order valence-electron chi connectivity index (χ3n) is 6.76. The third kappa shape index (κ3) is 5.35. The molecule has 0 bridgehead atoms. The van der Waals surface area contributed by atoms with Gasteiger partial charge < -0.3 is 19.7 Å². The van der Waals surface area contributed by atoms with Crippen LogP contribution in [0.25, 0.3) is 0 Å². The Kier molecular flexibility index (Phi) is 7.04. The maximum Gasteiger partial charge on any atom is 0.247 e. The molecule has 5 rings (SSSR count).